The predicted molar refractivity (Wildman–Crippen MR) is 96.3 cm³/mol. The van der Waals surface area contributed by atoms with Crippen molar-refractivity contribution in [1.29, 1.82) is 0 Å². The molecule has 0 spiro atoms. The van der Waals surface area contributed by atoms with Gasteiger partial charge in [-0.1, -0.05) is 13.0 Å². The van der Waals surface area contributed by atoms with E-state index >= 15 is 0 Å². The van der Waals surface area contributed by atoms with Crippen molar-refractivity contribution in [2.24, 2.45) is 0 Å². The molecule has 2 aliphatic rings. The molecule has 5 nitrogen and oxygen atoms in total. The maximum absolute atomic E-state index is 6.05. The molecule has 0 aliphatic carbocycles. The number of nitrogens with zero attached hydrogens (tertiary/aromatic N) is 3. The van der Waals surface area contributed by atoms with E-state index in [1.54, 1.807) is 0 Å². The van der Waals surface area contributed by atoms with Crippen molar-refractivity contribution < 1.29 is 9.15 Å². The lowest BCUT2D eigenvalue weighted by Gasteiger charge is -2.36. The minimum absolute atomic E-state index is 0.291. The zero-order valence-corrected chi connectivity index (χ0v) is 15.1. The Kier molecular flexibility index (Phi) is 4.88. The van der Waals surface area contributed by atoms with Crippen molar-refractivity contribution >= 4 is 0 Å². The third-order valence-corrected chi connectivity index (χ3v) is 5.25. The summed E-state index contributed by atoms with van der Waals surface area (Å²) >= 11 is 0. The first-order valence-electron chi connectivity index (χ1n) is 9.29. The first kappa shape index (κ1) is 16.8. The van der Waals surface area contributed by atoms with Gasteiger partial charge in [0.1, 0.15) is 11.5 Å². The molecule has 2 aromatic rings. The second kappa shape index (κ2) is 7.28. The third-order valence-electron chi connectivity index (χ3n) is 5.25. The van der Waals surface area contributed by atoms with E-state index in [0.29, 0.717) is 12.1 Å². The number of ether oxygens (including phenoxy) is 1. The molecule has 0 bridgehead atoms. The van der Waals surface area contributed by atoms with E-state index in [1.807, 2.05) is 0 Å². The Morgan fingerprint density at radius 1 is 1.12 bits per heavy atom. The molecule has 2 aromatic heterocycles. The van der Waals surface area contributed by atoms with E-state index in [-0.39, 0.29) is 0 Å². The summed E-state index contributed by atoms with van der Waals surface area (Å²) in [5.41, 5.74) is 2.23. The number of furan rings is 1. The molecule has 0 aromatic carbocycles. The van der Waals surface area contributed by atoms with Gasteiger partial charge in [0.05, 0.1) is 31.0 Å². The monoisotopic (exact) mass is 341 g/mol. The Morgan fingerprint density at radius 3 is 2.80 bits per heavy atom. The van der Waals surface area contributed by atoms with Crippen LogP contribution in [-0.4, -0.2) is 53.2 Å². The van der Waals surface area contributed by atoms with Crippen LogP contribution in [0, 0.1) is 6.92 Å². The summed E-state index contributed by atoms with van der Waals surface area (Å²) in [5.74, 6) is 2.12. The predicted octanol–water partition coefficient (Wildman–Crippen LogP) is 2.63. The first-order valence-corrected chi connectivity index (χ1v) is 9.29. The first-order chi connectivity index (χ1) is 12.2. The molecule has 4 rings (SSSR count). The van der Waals surface area contributed by atoms with Crippen LogP contribution >= 0.6 is 0 Å². The second-order valence-electron chi connectivity index (χ2n) is 7.13. The molecule has 0 saturated carbocycles. The molecule has 2 aliphatic heterocycles. The number of likely N-dealkylation sites (tertiary alicyclic amines) is 1. The topological polar surface area (TPSA) is 41.7 Å². The van der Waals surface area contributed by atoms with Gasteiger partial charge in [-0.2, -0.15) is 0 Å². The minimum atomic E-state index is 0.291. The van der Waals surface area contributed by atoms with Crippen LogP contribution in [0.2, 0.25) is 0 Å². The van der Waals surface area contributed by atoms with E-state index in [2.05, 4.69) is 59.0 Å². The van der Waals surface area contributed by atoms with Gasteiger partial charge in [0.2, 0.25) is 0 Å². The van der Waals surface area contributed by atoms with E-state index in [0.717, 1.165) is 68.7 Å². The van der Waals surface area contributed by atoms with Crippen molar-refractivity contribution in [3.05, 3.63) is 53.2 Å². The zero-order chi connectivity index (χ0) is 17.2. The van der Waals surface area contributed by atoms with Crippen molar-refractivity contribution in [2.75, 3.05) is 26.2 Å². The molecule has 5 heteroatoms. The Labute approximate surface area is 149 Å². The van der Waals surface area contributed by atoms with Crippen LogP contribution in [0.25, 0.3) is 0 Å². The molecule has 0 N–H and O–H groups in total. The molecule has 2 atom stereocenters. The maximum Gasteiger partial charge on any atom is 0.118 e. The minimum Gasteiger partial charge on any atom is -0.465 e. The number of aromatic nitrogens is 1. The summed E-state index contributed by atoms with van der Waals surface area (Å²) in [6.45, 7) is 9.73. The number of rotatable bonds is 5. The van der Waals surface area contributed by atoms with E-state index < -0.39 is 0 Å². The Balaban J connectivity index is 1.41. The molecule has 0 unspecified atom stereocenters. The fraction of sp³-hybridized carbons (Fsp3) is 0.550. The fourth-order valence-electron chi connectivity index (χ4n) is 3.97. The molecular weight excluding hydrogens is 314 g/mol. The smallest absolute Gasteiger partial charge is 0.118 e. The van der Waals surface area contributed by atoms with Gasteiger partial charge in [0, 0.05) is 38.3 Å². The number of hydrogen-bond acceptors (Lipinski definition) is 5. The van der Waals surface area contributed by atoms with E-state index in [4.69, 9.17) is 9.15 Å². The Hall–Kier alpha value is -1.69. The molecule has 2 fully saturated rings. The summed E-state index contributed by atoms with van der Waals surface area (Å²) in [4.78, 5) is 9.66. The van der Waals surface area contributed by atoms with Gasteiger partial charge in [0.15, 0.2) is 0 Å². The quantitative estimate of drug-likeness (QED) is 0.836. The lowest BCUT2D eigenvalue weighted by atomic mass is 10.1. The van der Waals surface area contributed by atoms with Crippen molar-refractivity contribution in [3.63, 3.8) is 0 Å². The number of morpholine rings is 1. The lowest BCUT2D eigenvalue weighted by molar-refractivity contribution is -0.0508. The molecule has 25 heavy (non-hydrogen) atoms. The van der Waals surface area contributed by atoms with Crippen LogP contribution in [0.5, 0.6) is 0 Å². The van der Waals surface area contributed by atoms with Crippen LogP contribution in [0.15, 0.2) is 34.7 Å². The fourth-order valence-corrected chi connectivity index (χ4v) is 3.97. The highest BCUT2D eigenvalue weighted by Gasteiger charge is 2.40. The Bertz CT molecular complexity index is 714. The highest BCUT2D eigenvalue weighted by molar-refractivity contribution is 5.11. The molecule has 0 amide bonds. The van der Waals surface area contributed by atoms with Crippen LogP contribution in [0.1, 0.15) is 29.8 Å². The Morgan fingerprint density at radius 2 is 2.00 bits per heavy atom. The summed E-state index contributed by atoms with van der Waals surface area (Å²) in [6.07, 6.45) is 1.24. The van der Waals surface area contributed by atoms with E-state index in [9.17, 15) is 0 Å². The van der Waals surface area contributed by atoms with Crippen molar-refractivity contribution in [2.45, 2.75) is 45.5 Å². The molecule has 4 heterocycles. The average Bonchev–Trinajstić information content (AvgIpc) is 3.22. The van der Waals surface area contributed by atoms with Gasteiger partial charge in [-0.05, 0) is 31.2 Å². The largest absolute Gasteiger partial charge is 0.465 e. The van der Waals surface area contributed by atoms with Crippen LogP contribution in [0.4, 0.5) is 0 Å². The van der Waals surface area contributed by atoms with Gasteiger partial charge in [-0.25, -0.2) is 0 Å². The maximum atomic E-state index is 6.05. The van der Waals surface area contributed by atoms with Gasteiger partial charge in [-0.15, -0.1) is 0 Å². The van der Waals surface area contributed by atoms with Gasteiger partial charge in [-0.3, -0.25) is 14.8 Å². The summed E-state index contributed by atoms with van der Waals surface area (Å²) in [5, 5.41) is 0. The summed E-state index contributed by atoms with van der Waals surface area (Å²) in [6, 6.07) is 10.9. The number of aryl methyl sites for hydroxylation is 2. The standard InChI is InChI=1S/C20H27N3O2/c1-3-17-7-8-18(25-17)12-22-13-19-20(14-22)24-10-9-23(19)11-16-6-4-5-15(2)21-16/h4-8,19-20H,3,9-14H2,1-2H3/t19-,20+/m0/s1. The second-order valence-corrected chi connectivity index (χ2v) is 7.13. The molecule has 2 saturated heterocycles. The van der Waals surface area contributed by atoms with Crippen LogP contribution < -0.4 is 0 Å². The third kappa shape index (κ3) is 3.78. The molecular formula is C20H27N3O2. The van der Waals surface area contributed by atoms with E-state index in [1.165, 1.54) is 0 Å². The highest BCUT2D eigenvalue weighted by Crippen LogP contribution is 2.26. The summed E-state index contributed by atoms with van der Waals surface area (Å²) in [7, 11) is 0. The summed E-state index contributed by atoms with van der Waals surface area (Å²) < 4.78 is 11.9. The number of hydrogen-bond donors (Lipinski definition) is 0. The van der Waals surface area contributed by atoms with Crippen molar-refractivity contribution in [3.8, 4) is 0 Å². The van der Waals surface area contributed by atoms with Gasteiger partial charge in [0.25, 0.3) is 0 Å². The number of pyridine rings is 1. The molecule has 0 radical (unpaired) electrons. The highest BCUT2D eigenvalue weighted by atomic mass is 16.5. The normalized spacial score (nSPS) is 24.6. The van der Waals surface area contributed by atoms with Gasteiger partial charge >= 0.3 is 0 Å². The van der Waals surface area contributed by atoms with Crippen molar-refractivity contribution in [1.82, 2.24) is 14.8 Å². The van der Waals surface area contributed by atoms with Crippen LogP contribution in [0.3, 0.4) is 0 Å². The zero-order valence-electron chi connectivity index (χ0n) is 15.1. The molecule has 134 valence electrons. The van der Waals surface area contributed by atoms with Crippen LogP contribution in [-0.2, 0) is 24.2 Å². The number of fused-ring (bicyclic) bond motifs is 1. The SMILES string of the molecule is CCc1ccc(CN2C[C@H]3OCCN(Cc4cccc(C)n4)[C@H]3C2)o1. The van der Waals surface area contributed by atoms with Gasteiger partial charge < -0.3 is 9.15 Å². The lowest BCUT2D eigenvalue weighted by Crippen LogP contribution is -2.50. The average molecular weight is 341 g/mol.